The highest BCUT2D eigenvalue weighted by Gasteiger charge is 2.41. The number of pyridine rings is 1. The zero-order valence-electron chi connectivity index (χ0n) is 20.1. The van der Waals surface area contributed by atoms with Crippen LogP contribution in [0, 0.1) is 5.92 Å². The number of aliphatic hydroxyl groups excluding tert-OH is 1. The number of benzene rings is 1. The maximum Gasteiger partial charge on any atom is 0.264 e. The van der Waals surface area contributed by atoms with Crippen LogP contribution in [0.3, 0.4) is 0 Å². The van der Waals surface area contributed by atoms with E-state index in [0.717, 1.165) is 42.9 Å². The second kappa shape index (κ2) is 10.8. The SMILES string of the molecule is CC(C)n1c(=O)c(C(=O)NCC2C[C@H]3CC[C@@H](C2)N3C[C@H](O)CNCC=O)cc2ccccc21. The van der Waals surface area contributed by atoms with Gasteiger partial charge in [0, 0.05) is 37.8 Å². The van der Waals surface area contributed by atoms with E-state index in [1.165, 1.54) is 0 Å². The maximum absolute atomic E-state index is 13.1. The minimum Gasteiger partial charge on any atom is -0.390 e. The van der Waals surface area contributed by atoms with E-state index in [1.807, 2.05) is 38.1 Å². The molecular formula is C26H36N4O4. The number of aldehydes is 1. The molecule has 8 heteroatoms. The van der Waals surface area contributed by atoms with Gasteiger partial charge in [-0.05, 0) is 63.0 Å². The molecule has 34 heavy (non-hydrogen) atoms. The number of nitrogens with zero attached hydrogens (tertiary/aromatic N) is 2. The number of piperidine rings is 1. The molecule has 0 radical (unpaired) electrons. The van der Waals surface area contributed by atoms with Gasteiger partial charge in [-0.3, -0.25) is 14.5 Å². The first-order valence-corrected chi connectivity index (χ1v) is 12.4. The molecule has 2 aromatic rings. The standard InChI is InChI=1S/C26H36N4O4/c1-17(2)30-24-6-4-3-5-19(24)13-23(26(30)34)25(33)28-14-18-11-20-7-8-21(12-18)29(20)16-22(32)15-27-9-10-31/h3-6,10,13,17-18,20-22,27,32H,7-9,11-12,14-16H2,1-2H3,(H,28,33)/t18?,20-,21+,22-/m1/s1. The van der Waals surface area contributed by atoms with E-state index in [0.29, 0.717) is 37.6 Å². The minimum atomic E-state index is -0.504. The fourth-order valence-electron chi connectivity index (χ4n) is 5.76. The van der Waals surface area contributed by atoms with E-state index in [2.05, 4.69) is 15.5 Å². The van der Waals surface area contributed by atoms with Gasteiger partial charge in [0.15, 0.2) is 0 Å². The second-order valence-corrected chi connectivity index (χ2v) is 9.99. The van der Waals surface area contributed by atoms with Crippen LogP contribution in [-0.2, 0) is 4.79 Å². The summed E-state index contributed by atoms with van der Waals surface area (Å²) in [4.78, 5) is 39.0. The fourth-order valence-corrected chi connectivity index (χ4v) is 5.76. The lowest BCUT2D eigenvalue weighted by Crippen LogP contribution is -2.49. The van der Waals surface area contributed by atoms with Gasteiger partial charge in [-0.25, -0.2) is 0 Å². The Hall–Kier alpha value is -2.55. The van der Waals surface area contributed by atoms with Crippen molar-refractivity contribution in [1.82, 2.24) is 20.1 Å². The van der Waals surface area contributed by atoms with E-state index in [-0.39, 0.29) is 29.6 Å². The lowest BCUT2D eigenvalue weighted by atomic mass is 9.90. The highest BCUT2D eigenvalue weighted by atomic mass is 16.3. The van der Waals surface area contributed by atoms with Crippen molar-refractivity contribution < 1.29 is 14.7 Å². The van der Waals surface area contributed by atoms with Crippen molar-refractivity contribution in [1.29, 1.82) is 0 Å². The molecule has 4 rings (SSSR count). The van der Waals surface area contributed by atoms with Crippen LogP contribution in [0.2, 0.25) is 0 Å². The van der Waals surface area contributed by atoms with Crippen LogP contribution in [0.15, 0.2) is 35.1 Å². The van der Waals surface area contributed by atoms with Gasteiger partial charge in [-0.15, -0.1) is 0 Å². The number of nitrogens with one attached hydrogen (secondary N) is 2. The van der Waals surface area contributed by atoms with Crippen molar-refractivity contribution in [2.45, 2.75) is 63.8 Å². The van der Waals surface area contributed by atoms with Gasteiger partial charge in [-0.1, -0.05) is 18.2 Å². The molecule has 3 heterocycles. The number of carbonyl (C=O) groups excluding carboxylic acids is 2. The summed E-state index contributed by atoms with van der Waals surface area (Å²) < 4.78 is 1.69. The van der Waals surface area contributed by atoms with Crippen molar-refractivity contribution in [3.63, 3.8) is 0 Å². The first kappa shape index (κ1) is 24.6. The first-order valence-electron chi connectivity index (χ1n) is 12.4. The van der Waals surface area contributed by atoms with Crippen molar-refractivity contribution in [2.24, 2.45) is 5.92 Å². The monoisotopic (exact) mass is 468 g/mol. The van der Waals surface area contributed by atoms with E-state index in [1.54, 1.807) is 10.6 Å². The lowest BCUT2D eigenvalue weighted by Gasteiger charge is -2.40. The predicted molar refractivity (Wildman–Crippen MR) is 132 cm³/mol. The molecule has 1 aromatic carbocycles. The van der Waals surface area contributed by atoms with E-state index in [4.69, 9.17) is 0 Å². The van der Waals surface area contributed by atoms with Crippen LogP contribution in [0.25, 0.3) is 10.9 Å². The summed E-state index contributed by atoms with van der Waals surface area (Å²) in [5.74, 6) is 0.0485. The molecule has 184 valence electrons. The summed E-state index contributed by atoms with van der Waals surface area (Å²) in [6, 6.07) is 10.1. The number of carbonyl (C=O) groups is 2. The highest BCUT2D eigenvalue weighted by molar-refractivity contribution is 5.97. The molecule has 1 aromatic heterocycles. The number of rotatable bonds is 10. The molecule has 2 aliphatic rings. The van der Waals surface area contributed by atoms with E-state index < -0.39 is 6.10 Å². The Balaban J connectivity index is 1.38. The van der Waals surface area contributed by atoms with E-state index >= 15 is 0 Å². The molecule has 0 saturated carbocycles. The van der Waals surface area contributed by atoms with Crippen LogP contribution >= 0.6 is 0 Å². The summed E-state index contributed by atoms with van der Waals surface area (Å²) in [5.41, 5.74) is 0.781. The van der Waals surface area contributed by atoms with E-state index in [9.17, 15) is 19.5 Å². The first-order chi connectivity index (χ1) is 16.4. The van der Waals surface area contributed by atoms with Gasteiger partial charge in [0.1, 0.15) is 11.8 Å². The molecule has 4 atom stereocenters. The molecule has 1 unspecified atom stereocenters. The quantitative estimate of drug-likeness (QED) is 0.362. The number of amides is 1. The zero-order chi connectivity index (χ0) is 24.2. The van der Waals surface area contributed by atoms with Crippen LogP contribution < -0.4 is 16.2 Å². The summed E-state index contributed by atoms with van der Waals surface area (Å²) in [5, 5.41) is 17.2. The summed E-state index contributed by atoms with van der Waals surface area (Å²) in [7, 11) is 0. The topological polar surface area (TPSA) is 104 Å². The van der Waals surface area contributed by atoms with Crippen LogP contribution in [0.1, 0.15) is 55.9 Å². The smallest absolute Gasteiger partial charge is 0.264 e. The molecular weight excluding hydrogens is 432 g/mol. The summed E-state index contributed by atoms with van der Waals surface area (Å²) in [6.45, 7) is 5.73. The third kappa shape index (κ3) is 5.24. The Labute approximate surface area is 200 Å². The van der Waals surface area contributed by atoms with Crippen molar-refractivity contribution in [2.75, 3.05) is 26.2 Å². The lowest BCUT2D eigenvalue weighted by molar-refractivity contribution is -0.107. The Morgan fingerprint density at radius 3 is 2.59 bits per heavy atom. The van der Waals surface area contributed by atoms with Gasteiger partial charge in [0.25, 0.3) is 11.5 Å². The molecule has 2 saturated heterocycles. The molecule has 2 bridgehead atoms. The van der Waals surface area contributed by atoms with Gasteiger partial charge < -0.3 is 25.1 Å². The molecule has 2 aliphatic heterocycles. The normalized spacial score (nSPS) is 23.4. The van der Waals surface area contributed by atoms with Gasteiger partial charge in [0.05, 0.1) is 18.2 Å². The average Bonchev–Trinajstić information content (AvgIpc) is 3.03. The average molecular weight is 469 g/mol. The Kier molecular flexibility index (Phi) is 7.80. The summed E-state index contributed by atoms with van der Waals surface area (Å²) in [6.07, 6.45) is 4.45. The number of fused-ring (bicyclic) bond motifs is 3. The maximum atomic E-state index is 13.1. The highest BCUT2D eigenvalue weighted by Crippen LogP contribution is 2.38. The molecule has 2 fully saturated rings. The number of hydrogen-bond acceptors (Lipinski definition) is 6. The Bertz CT molecular complexity index is 1070. The van der Waals surface area contributed by atoms with Crippen LogP contribution in [0.5, 0.6) is 0 Å². The molecule has 0 aliphatic carbocycles. The largest absolute Gasteiger partial charge is 0.390 e. The zero-order valence-corrected chi connectivity index (χ0v) is 20.1. The van der Waals surface area contributed by atoms with Crippen molar-refractivity contribution in [3.8, 4) is 0 Å². The number of hydrogen-bond donors (Lipinski definition) is 3. The third-order valence-corrected chi connectivity index (χ3v) is 7.27. The number of para-hydroxylation sites is 1. The Morgan fingerprint density at radius 1 is 1.21 bits per heavy atom. The molecule has 8 nitrogen and oxygen atoms in total. The van der Waals surface area contributed by atoms with Gasteiger partial charge >= 0.3 is 0 Å². The van der Waals surface area contributed by atoms with Crippen LogP contribution in [0.4, 0.5) is 0 Å². The number of aromatic nitrogens is 1. The fraction of sp³-hybridized carbons (Fsp3) is 0.577. The third-order valence-electron chi connectivity index (χ3n) is 7.27. The molecule has 0 spiro atoms. The molecule has 3 N–H and O–H groups in total. The van der Waals surface area contributed by atoms with Gasteiger partial charge in [0.2, 0.25) is 0 Å². The van der Waals surface area contributed by atoms with Gasteiger partial charge in [-0.2, -0.15) is 0 Å². The van der Waals surface area contributed by atoms with Crippen LogP contribution in [-0.4, -0.2) is 71.1 Å². The number of aliphatic hydroxyl groups is 1. The Morgan fingerprint density at radius 2 is 1.91 bits per heavy atom. The second-order valence-electron chi connectivity index (χ2n) is 9.99. The van der Waals surface area contributed by atoms with Crippen molar-refractivity contribution in [3.05, 3.63) is 46.2 Å². The minimum absolute atomic E-state index is 0.0471. The molecule has 1 amide bonds. The summed E-state index contributed by atoms with van der Waals surface area (Å²) >= 11 is 0. The predicted octanol–water partition coefficient (Wildman–Crippen LogP) is 1.70. The van der Waals surface area contributed by atoms with Crippen molar-refractivity contribution >= 4 is 23.1 Å².